The summed E-state index contributed by atoms with van der Waals surface area (Å²) in [6.07, 6.45) is 1.25. The first kappa shape index (κ1) is 15.3. The molecule has 3 rings (SSSR count). The molecule has 0 aliphatic carbocycles. The molecule has 0 saturated heterocycles. The molecule has 7 heteroatoms. The molecule has 0 bridgehead atoms. The minimum absolute atomic E-state index is 0.183. The molecule has 118 valence electrons. The number of aromatic nitrogens is 1. The number of thiophene rings is 1. The highest BCUT2D eigenvalue weighted by atomic mass is 32.1. The summed E-state index contributed by atoms with van der Waals surface area (Å²) in [6, 6.07) is 8.77. The number of benzene rings is 1. The van der Waals surface area contributed by atoms with Crippen molar-refractivity contribution in [2.24, 2.45) is 0 Å². The van der Waals surface area contributed by atoms with E-state index in [1.54, 1.807) is 18.2 Å². The predicted octanol–water partition coefficient (Wildman–Crippen LogP) is 3.16. The third-order valence-electron chi connectivity index (χ3n) is 3.24. The van der Waals surface area contributed by atoms with Gasteiger partial charge in [-0.1, -0.05) is 6.07 Å². The van der Waals surface area contributed by atoms with Gasteiger partial charge in [-0.2, -0.15) is 0 Å². The number of carbonyl (C=O) groups is 1. The van der Waals surface area contributed by atoms with E-state index in [2.05, 4.69) is 10.3 Å². The van der Waals surface area contributed by atoms with E-state index < -0.39 is 0 Å². The molecule has 23 heavy (non-hydrogen) atoms. The molecular formula is C16H14N2O4S. The van der Waals surface area contributed by atoms with Crippen molar-refractivity contribution in [1.82, 2.24) is 4.98 Å². The summed E-state index contributed by atoms with van der Waals surface area (Å²) in [5.41, 5.74) is 1.35. The fourth-order valence-electron chi connectivity index (χ4n) is 2.16. The summed E-state index contributed by atoms with van der Waals surface area (Å²) in [5.74, 6) is 0.621. The van der Waals surface area contributed by atoms with Gasteiger partial charge < -0.3 is 19.6 Å². The Morgan fingerprint density at radius 1 is 1.43 bits per heavy atom. The molecule has 0 atom stereocenters. The lowest BCUT2D eigenvalue weighted by molar-refractivity contribution is 0.102. The molecule has 0 unspecified atom stereocenters. The van der Waals surface area contributed by atoms with Gasteiger partial charge in [-0.05, 0) is 29.6 Å². The largest absolute Gasteiger partial charge is 0.496 e. The monoisotopic (exact) mass is 330 g/mol. The molecule has 3 aromatic rings. The number of ether oxygens (including phenoxy) is 1. The number of amides is 1. The molecule has 2 aromatic heterocycles. The van der Waals surface area contributed by atoms with Gasteiger partial charge >= 0.3 is 0 Å². The smallest absolute Gasteiger partial charge is 0.278 e. The Bertz CT molecular complexity index is 811. The highest BCUT2D eigenvalue weighted by Crippen LogP contribution is 2.28. The summed E-state index contributed by atoms with van der Waals surface area (Å²) in [7, 11) is 1.52. The Hall–Kier alpha value is -2.64. The lowest BCUT2D eigenvalue weighted by atomic mass is 10.2. The first-order valence-electron chi connectivity index (χ1n) is 6.79. The molecule has 2 N–H and O–H groups in total. The minimum Gasteiger partial charge on any atom is -0.496 e. The molecule has 0 saturated carbocycles. The maximum absolute atomic E-state index is 12.4. The van der Waals surface area contributed by atoms with E-state index in [4.69, 9.17) is 9.15 Å². The topological polar surface area (TPSA) is 84.6 Å². The number of nitrogens with one attached hydrogen (secondary N) is 1. The molecule has 0 spiro atoms. The van der Waals surface area contributed by atoms with Crippen LogP contribution in [0, 0.1) is 0 Å². The van der Waals surface area contributed by atoms with Crippen molar-refractivity contribution in [1.29, 1.82) is 0 Å². The van der Waals surface area contributed by atoms with Gasteiger partial charge in [0.2, 0.25) is 0 Å². The SMILES string of the molecule is COc1ccc(NC(=O)c2ncoc2-c2cccs2)cc1CO. The van der Waals surface area contributed by atoms with Crippen LogP contribution in [0.1, 0.15) is 16.1 Å². The second-order valence-corrected chi connectivity index (χ2v) is 5.59. The molecule has 0 fully saturated rings. The lowest BCUT2D eigenvalue weighted by Crippen LogP contribution is -2.13. The van der Waals surface area contributed by atoms with Gasteiger partial charge in [0.25, 0.3) is 5.91 Å². The summed E-state index contributed by atoms with van der Waals surface area (Å²) in [4.78, 5) is 17.3. The van der Waals surface area contributed by atoms with Crippen molar-refractivity contribution in [3.05, 3.63) is 53.4 Å². The van der Waals surface area contributed by atoms with Gasteiger partial charge in [0.1, 0.15) is 5.75 Å². The van der Waals surface area contributed by atoms with Gasteiger partial charge in [-0.25, -0.2) is 4.98 Å². The average Bonchev–Trinajstić information content (AvgIpc) is 3.25. The van der Waals surface area contributed by atoms with E-state index in [1.807, 2.05) is 17.5 Å². The minimum atomic E-state index is -0.379. The first-order chi connectivity index (χ1) is 11.2. The van der Waals surface area contributed by atoms with Gasteiger partial charge in [0, 0.05) is 11.3 Å². The highest BCUT2D eigenvalue weighted by molar-refractivity contribution is 7.13. The van der Waals surface area contributed by atoms with Crippen LogP contribution in [-0.2, 0) is 6.61 Å². The number of rotatable bonds is 5. The predicted molar refractivity (Wildman–Crippen MR) is 86.7 cm³/mol. The van der Waals surface area contributed by atoms with Crippen LogP contribution in [0.4, 0.5) is 5.69 Å². The second kappa shape index (κ2) is 6.64. The third kappa shape index (κ3) is 3.10. The summed E-state index contributed by atoms with van der Waals surface area (Å²) in [6.45, 7) is -0.183. The van der Waals surface area contributed by atoms with E-state index in [-0.39, 0.29) is 18.2 Å². The molecule has 2 heterocycles. The van der Waals surface area contributed by atoms with Crippen LogP contribution in [-0.4, -0.2) is 23.1 Å². The fourth-order valence-corrected chi connectivity index (χ4v) is 2.87. The van der Waals surface area contributed by atoms with Gasteiger partial charge in [0.05, 0.1) is 18.6 Å². The molecule has 0 aliphatic heterocycles. The maximum Gasteiger partial charge on any atom is 0.278 e. The van der Waals surface area contributed by atoms with Crippen LogP contribution >= 0.6 is 11.3 Å². The fraction of sp³-hybridized carbons (Fsp3) is 0.125. The summed E-state index contributed by atoms with van der Waals surface area (Å²) >= 11 is 1.47. The molecule has 0 radical (unpaired) electrons. The van der Waals surface area contributed by atoms with Gasteiger partial charge in [-0.15, -0.1) is 11.3 Å². The molecule has 1 aromatic carbocycles. The van der Waals surface area contributed by atoms with E-state index in [0.717, 1.165) is 4.88 Å². The van der Waals surface area contributed by atoms with E-state index >= 15 is 0 Å². The number of nitrogens with zero attached hydrogens (tertiary/aromatic N) is 1. The van der Waals surface area contributed by atoms with Crippen molar-refractivity contribution >= 4 is 22.9 Å². The van der Waals surface area contributed by atoms with Gasteiger partial charge in [0.15, 0.2) is 17.8 Å². The first-order valence-corrected chi connectivity index (χ1v) is 7.67. The third-order valence-corrected chi connectivity index (χ3v) is 4.10. The van der Waals surface area contributed by atoms with Crippen LogP contribution in [0.5, 0.6) is 5.75 Å². The summed E-state index contributed by atoms with van der Waals surface area (Å²) in [5, 5.41) is 14.0. The van der Waals surface area contributed by atoms with E-state index in [1.165, 1.54) is 24.8 Å². The van der Waals surface area contributed by atoms with Crippen molar-refractivity contribution in [3.63, 3.8) is 0 Å². The zero-order chi connectivity index (χ0) is 16.2. The van der Waals surface area contributed by atoms with Crippen molar-refractivity contribution < 1.29 is 19.1 Å². The van der Waals surface area contributed by atoms with Gasteiger partial charge in [-0.3, -0.25) is 4.79 Å². The number of aliphatic hydroxyl groups excluding tert-OH is 1. The number of anilines is 1. The van der Waals surface area contributed by atoms with E-state index in [0.29, 0.717) is 22.8 Å². The Balaban J connectivity index is 1.84. The Morgan fingerprint density at radius 3 is 3.00 bits per heavy atom. The Labute approximate surface area is 136 Å². The van der Waals surface area contributed by atoms with Crippen molar-refractivity contribution in [2.45, 2.75) is 6.61 Å². The Kier molecular flexibility index (Phi) is 4.40. The number of hydrogen-bond acceptors (Lipinski definition) is 6. The van der Waals surface area contributed by atoms with Crippen LogP contribution in [0.15, 0.2) is 46.5 Å². The lowest BCUT2D eigenvalue weighted by Gasteiger charge is -2.09. The van der Waals surface area contributed by atoms with Crippen LogP contribution in [0.2, 0.25) is 0 Å². The van der Waals surface area contributed by atoms with Crippen LogP contribution in [0.3, 0.4) is 0 Å². The number of oxazole rings is 1. The standard InChI is InChI=1S/C16H14N2O4S/c1-21-12-5-4-11(7-10(12)8-19)18-16(20)14-15(22-9-17-14)13-3-2-6-23-13/h2-7,9,19H,8H2,1H3,(H,18,20). The van der Waals surface area contributed by atoms with Crippen LogP contribution < -0.4 is 10.1 Å². The van der Waals surface area contributed by atoms with Crippen molar-refractivity contribution in [2.75, 3.05) is 12.4 Å². The average molecular weight is 330 g/mol. The zero-order valence-corrected chi connectivity index (χ0v) is 13.1. The molecule has 1 amide bonds. The number of aliphatic hydroxyl groups is 1. The zero-order valence-electron chi connectivity index (χ0n) is 12.3. The number of carbonyl (C=O) groups excluding carboxylic acids is 1. The number of hydrogen-bond donors (Lipinski definition) is 2. The molecular weight excluding hydrogens is 316 g/mol. The number of methoxy groups -OCH3 is 1. The maximum atomic E-state index is 12.4. The summed E-state index contributed by atoms with van der Waals surface area (Å²) < 4.78 is 10.5. The van der Waals surface area contributed by atoms with Crippen molar-refractivity contribution in [3.8, 4) is 16.4 Å². The van der Waals surface area contributed by atoms with Crippen LogP contribution in [0.25, 0.3) is 10.6 Å². The quantitative estimate of drug-likeness (QED) is 0.750. The molecule has 0 aliphatic rings. The normalized spacial score (nSPS) is 10.5. The Morgan fingerprint density at radius 2 is 2.30 bits per heavy atom. The molecule has 6 nitrogen and oxygen atoms in total. The second-order valence-electron chi connectivity index (χ2n) is 4.65. The van der Waals surface area contributed by atoms with E-state index in [9.17, 15) is 9.90 Å². The highest BCUT2D eigenvalue weighted by Gasteiger charge is 2.19.